The van der Waals surface area contributed by atoms with Gasteiger partial charge in [0.25, 0.3) is 5.78 Å². The molecule has 0 aromatic carbocycles. The molecular formula is C13H14O4S. The Bertz CT molecular complexity index is 515. The van der Waals surface area contributed by atoms with Crippen molar-refractivity contribution in [2.45, 2.75) is 26.7 Å². The van der Waals surface area contributed by atoms with Crippen LogP contribution in [0.4, 0.5) is 0 Å². The van der Waals surface area contributed by atoms with Crippen LogP contribution in [0.5, 0.6) is 0 Å². The van der Waals surface area contributed by atoms with Crippen LogP contribution in [-0.4, -0.2) is 24.1 Å². The van der Waals surface area contributed by atoms with Gasteiger partial charge in [0.05, 0.1) is 12.5 Å². The SMILES string of the molecule is CCOC(=O)C(=O)C1CCc2sc(C)cc2C1=O. The van der Waals surface area contributed by atoms with Crippen molar-refractivity contribution in [3.05, 3.63) is 21.4 Å². The highest BCUT2D eigenvalue weighted by molar-refractivity contribution is 7.12. The number of hydrogen-bond acceptors (Lipinski definition) is 5. The first-order valence-corrected chi connectivity index (χ1v) is 6.70. The first-order valence-electron chi connectivity index (χ1n) is 5.89. The van der Waals surface area contributed by atoms with Crippen LogP contribution in [0.1, 0.15) is 33.5 Å². The van der Waals surface area contributed by atoms with E-state index in [1.807, 2.05) is 6.92 Å². The van der Waals surface area contributed by atoms with Gasteiger partial charge in [0.15, 0.2) is 5.78 Å². The maximum atomic E-state index is 12.2. The largest absolute Gasteiger partial charge is 0.460 e. The minimum atomic E-state index is -0.897. The van der Waals surface area contributed by atoms with Crippen LogP contribution < -0.4 is 0 Å². The Morgan fingerprint density at radius 1 is 1.50 bits per heavy atom. The van der Waals surface area contributed by atoms with Crippen LogP contribution >= 0.6 is 11.3 Å². The Morgan fingerprint density at radius 2 is 2.22 bits per heavy atom. The summed E-state index contributed by atoms with van der Waals surface area (Å²) >= 11 is 1.58. The quantitative estimate of drug-likeness (QED) is 0.476. The van der Waals surface area contributed by atoms with Gasteiger partial charge in [0.2, 0.25) is 0 Å². The van der Waals surface area contributed by atoms with E-state index in [-0.39, 0.29) is 12.4 Å². The van der Waals surface area contributed by atoms with E-state index in [1.165, 1.54) is 0 Å². The van der Waals surface area contributed by atoms with E-state index in [1.54, 1.807) is 24.3 Å². The number of esters is 1. The maximum Gasteiger partial charge on any atom is 0.375 e. The lowest BCUT2D eigenvalue weighted by Crippen LogP contribution is -2.34. The number of ether oxygens (including phenoxy) is 1. The molecule has 0 radical (unpaired) electrons. The van der Waals surface area contributed by atoms with Crippen molar-refractivity contribution in [3.63, 3.8) is 0 Å². The Labute approximate surface area is 109 Å². The molecular weight excluding hydrogens is 252 g/mol. The molecule has 1 unspecified atom stereocenters. The predicted molar refractivity (Wildman–Crippen MR) is 66.8 cm³/mol. The Morgan fingerprint density at radius 3 is 2.89 bits per heavy atom. The van der Waals surface area contributed by atoms with Gasteiger partial charge in [-0.25, -0.2) is 4.79 Å². The number of ketones is 2. The molecule has 96 valence electrons. The fourth-order valence-electron chi connectivity index (χ4n) is 2.15. The first-order chi connectivity index (χ1) is 8.54. The lowest BCUT2D eigenvalue weighted by atomic mass is 9.84. The second-order valence-electron chi connectivity index (χ2n) is 4.23. The Balaban J connectivity index is 2.21. The van der Waals surface area contributed by atoms with Gasteiger partial charge in [-0.2, -0.15) is 0 Å². The number of hydrogen-bond donors (Lipinski definition) is 0. The summed E-state index contributed by atoms with van der Waals surface area (Å²) in [6, 6.07) is 1.80. The number of Topliss-reactive ketones (excluding diaryl/α,β-unsaturated/α-hetero) is 2. The van der Waals surface area contributed by atoms with Gasteiger partial charge < -0.3 is 4.74 Å². The average molecular weight is 266 g/mol. The average Bonchev–Trinajstić information content (AvgIpc) is 2.71. The standard InChI is InChI=1S/C13H14O4S/c1-3-17-13(16)12(15)8-4-5-10-9(11(8)14)6-7(2)18-10/h6,8H,3-5H2,1-2H3. The lowest BCUT2D eigenvalue weighted by molar-refractivity contribution is -0.154. The molecule has 1 atom stereocenters. The molecule has 1 aromatic heterocycles. The summed E-state index contributed by atoms with van der Waals surface area (Å²) in [7, 11) is 0. The molecule has 0 N–H and O–H groups in total. The second kappa shape index (κ2) is 5.02. The van der Waals surface area contributed by atoms with E-state index in [0.29, 0.717) is 18.4 Å². The monoisotopic (exact) mass is 266 g/mol. The van der Waals surface area contributed by atoms with Gasteiger partial charge in [-0.3, -0.25) is 9.59 Å². The third-order valence-electron chi connectivity index (χ3n) is 2.97. The Hall–Kier alpha value is -1.49. The first kappa shape index (κ1) is 13.0. The topological polar surface area (TPSA) is 60.4 Å². The van der Waals surface area contributed by atoms with E-state index in [4.69, 9.17) is 0 Å². The van der Waals surface area contributed by atoms with Crippen molar-refractivity contribution >= 4 is 28.9 Å². The molecule has 0 fully saturated rings. The van der Waals surface area contributed by atoms with Crippen LogP contribution in [0.15, 0.2) is 6.07 Å². The van der Waals surface area contributed by atoms with Crippen LogP contribution in [0, 0.1) is 12.8 Å². The number of thiophene rings is 1. The van der Waals surface area contributed by atoms with Gasteiger partial charge in [0.1, 0.15) is 0 Å². The summed E-state index contributed by atoms with van der Waals surface area (Å²) in [5.41, 5.74) is 0.603. The molecule has 1 aliphatic rings. The molecule has 2 rings (SSSR count). The van der Waals surface area contributed by atoms with E-state index in [0.717, 1.165) is 9.75 Å². The van der Waals surface area contributed by atoms with Crippen molar-refractivity contribution in [3.8, 4) is 0 Å². The summed E-state index contributed by atoms with van der Waals surface area (Å²) < 4.78 is 4.66. The van der Waals surface area contributed by atoms with Gasteiger partial charge in [-0.05, 0) is 32.8 Å². The predicted octanol–water partition coefficient (Wildman–Crippen LogP) is 1.93. The molecule has 0 saturated carbocycles. The fourth-order valence-corrected chi connectivity index (χ4v) is 3.20. The van der Waals surface area contributed by atoms with Crippen LogP contribution in [0.25, 0.3) is 0 Å². The smallest absolute Gasteiger partial charge is 0.375 e. The summed E-state index contributed by atoms with van der Waals surface area (Å²) in [4.78, 5) is 37.4. The van der Waals surface area contributed by atoms with Crippen molar-refractivity contribution < 1.29 is 19.1 Å². The van der Waals surface area contributed by atoms with Crippen LogP contribution in [0.2, 0.25) is 0 Å². The molecule has 4 nitrogen and oxygen atoms in total. The zero-order valence-electron chi connectivity index (χ0n) is 10.3. The maximum absolute atomic E-state index is 12.2. The van der Waals surface area contributed by atoms with Gasteiger partial charge in [-0.15, -0.1) is 11.3 Å². The van der Waals surface area contributed by atoms with Gasteiger partial charge >= 0.3 is 5.97 Å². The highest BCUT2D eigenvalue weighted by Gasteiger charge is 2.37. The molecule has 0 amide bonds. The number of carbonyl (C=O) groups is 3. The number of rotatable bonds is 3. The fraction of sp³-hybridized carbons (Fsp3) is 0.462. The Kier molecular flexibility index (Phi) is 3.61. The van der Waals surface area contributed by atoms with Crippen molar-refractivity contribution in [2.24, 2.45) is 5.92 Å². The van der Waals surface area contributed by atoms with Crippen LogP contribution in [-0.2, 0) is 20.7 Å². The molecule has 18 heavy (non-hydrogen) atoms. The summed E-state index contributed by atoms with van der Waals surface area (Å²) in [6.07, 6.45) is 1.08. The molecule has 1 aromatic rings. The third-order valence-corrected chi connectivity index (χ3v) is 4.08. The van der Waals surface area contributed by atoms with E-state index in [2.05, 4.69) is 4.74 Å². The third kappa shape index (κ3) is 2.22. The highest BCUT2D eigenvalue weighted by Crippen LogP contribution is 2.32. The summed E-state index contributed by atoms with van der Waals surface area (Å²) in [6.45, 7) is 3.71. The van der Waals surface area contributed by atoms with Gasteiger partial charge in [-0.1, -0.05) is 0 Å². The van der Waals surface area contributed by atoms with Crippen molar-refractivity contribution in [2.75, 3.05) is 6.61 Å². The second-order valence-corrected chi connectivity index (χ2v) is 5.58. The number of fused-ring (bicyclic) bond motifs is 1. The minimum absolute atomic E-state index is 0.147. The molecule has 0 spiro atoms. The summed E-state index contributed by atoms with van der Waals surface area (Å²) in [5, 5.41) is 0. The molecule has 0 saturated heterocycles. The molecule has 5 heteroatoms. The minimum Gasteiger partial charge on any atom is -0.460 e. The molecule has 1 heterocycles. The molecule has 0 aliphatic heterocycles. The molecule has 0 bridgehead atoms. The van der Waals surface area contributed by atoms with E-state index >= 15 is 0 Å². The number of carbonyl (C=O) groups excluding carboxylic acids is 3. The number of aryl methyl sites for hydroxylation is 2. The normalized spacial score (nSPS) is 18.3. The van der Waals surface area contributed by atoms with Crippen molar-refractivity contribution in [1.29, 1.82) is 0 Å². The molecule has 1 aliphatic carbocycles. The van der Waals surface area contributed by atoms with Crippen molar-refractivity contribution in [1.82, 2.24) is 0 Å². The highest BCUT2D eigenvalue weighted by atomic mass is 32.1. The van der Waals surface area contributed by atoms with E-state index < -0.39 is 17.7 Å². The van der Waals surface area contributed by atoms with Crippen LogP contribution in [0.3, 0.4) is 0 Å². The zero-order chi connectivity index (χ0) is 13.3. The zero-order valence-corrected chi connectivity index (χ0v) is 11.1. The lowest BCUT2D eigenvalue weighted by Gasteiger charge is -2.18. The van der Waals surface area contributed by atoms with Gasteiger partial charge in [0, 0.05) is 15.3 Å². The van der Waals surface area contributed by atoms with E-state index in [9.17, 15) is 14.4 Å². The summed E-state index contributed by atoms with van der Waals surface area (Å²) in [5.74, 6) is -2.70.